The predicted molar refractivity (Wildman–Crippen MR) is 116 cm³/mol. The molecule has 3 aliphatic rings. The number of anilines is 3. The van der Waals surface area contributed by atoms with Crippen molar-refractivity contribution in [1.29, 1.82) is 0 Å². The van der Waals surface area contributed by atoms with E-state index in [2.05, 4.69) is 35.3 Å². The summed E-state index contributed by atoms with van der Waals surface area (Å²) in [6.45, 7) is 0. The van der Waals surface area contributed by atoms with Crippen LogP contribution in [0.5, 0.6) is 5.75 Å². The number of nitrogens with one attached hydrogen (secondary N) is 3. The van der Waals surface area contributed by atoms with E-state index in [1.807, 2.05) is 0 Å². The molecule has 4 rings (SSSR count). The van der Waals surface area contributed by atoms with Gasteiger partial charge in [-0.1, -0.05) is 0 Å². The van der Waals surface area contributed by atoms with E-state index in [1.165, 1.54) is 30.6 Å². The molecule has 31 heavy (non-hydrogen) atoms. The zero-order valence-corrected chi connectivity index (χ0v) is 17.8. The van der Waals surface area contributed by atoms with E-state index in [0.29, 0.717) is 29.0 Å². The van der Waals surface area contributed by atoms with Crippen molar-refractivity contribution >= 4 is 42.3 Å². The van der Waals surface area contributed by atoms with Crippen molar-refractivity contribution in [2.24, 2.45) is 5.73 Å². The maximum absolute atomic E-state index is 12.3. The van der Waals surface area contributed by atoms with Crippen molar-refractivity contribution in [2.75, 3.05) is 10.6 Å². The Hall–Kier alpha value is -2.50. The minimum absolute atomic E-state index is 0. The quantitative estimate of drug-likeness (QED) is 0.426. The van der Waals surface area contributed by atoms with Crippen molar-refractivity contribution in [1.82, 2.24) is 19.9 Å². The molecular weight excluding hydrogens is 458 g/mol. The summed E-state index contributed by atoms with van der Waals surface area (Å²) in [5, 5.41) is 6.48. The summed E-state index contributed by atoms with van der Waals surface area (Å²) in [4.78, 5) is 16.0. The molecule has 1 aromatic carbocycles. The van der Waals surface area contributed by atoms with Crippen LogP contribution in [0.2, 0.25) is 0 Å². The van der Waals surface area contributed by atoms with Crippen LogP contribution in [0.25, 0.3) is 11.5 Å². The molecule has 2 heterocycles. The first-order chi connectivity index (χ1) is 13.9. The lowest BCUT2D eigenvalue weighted by atomic mass is 9.92. The highest BCUT2D eigenvalue weighted by Crippen LogP contribution is 2.30. The Kier molecular flexibility index (Phi) is 8.15. The molecule has 0 saturated heterocycles. The molecule has 8 nitrogen and oxygen atoms in total. The number of hydrogen-bond donors (Lipinski definition) is 4. The number of halogens is 5. The zero-order chi connectivity index (χ0) is 20.4. The molecule has 0 bridgehead atoms. The Morgan fingerprint density at radius 1 is 1.03 bits per heavy atom. The maximum atomic E-state index is 12.3. The highest BCUT2D eigenvalue weighted by molar-refractivity contribution is 5.85. The molecular formula is C18H22Cl2F3N7O. The first-order valence-corrected chi connectivity index (χ1v) is 9.21. The Labute approximate surface area is 188 Å². The average molecular weight is 480 g/mol. The van der Waals surface area contributed by atoms with Crippen LogP contribution < -0.4 is 21.1 Å². The first-order valence-electron chi connectivity index (χ1n) is 9.21. The smallest absolute Gasteiger partial charge is 0.406 e. The number of H-pyrrole nitrogens is 1. The second-order valence-corrected chi connectivity index (χ2v) is 6.96. The number of fused-ring (bicyclic) bond motifs is 1. The van der Waals surface area contributed by atoms with E-state index >= 15 is 0 Å². The third-order valence-electron chi connectivity index (χ3n) is 4.75. The summed E-state index contributed by atoms with van der Waals surface area (Å²) in [6.07, 6.45) is 0.478. The molecule has 0 aromatic heterocycles. The van der Waals surface area contributed by atoms with E-state index in [-0.39, 0.29) is 42.6 Å². The fourth-order valence-corrected chi connectivity index (χ4v) is 3.33. The lowest BCUT2D eigenvalue weighted by Crippen LogP contribution is -2.33. The molecule has 1 aliphatic carbocycles. The number of alkyl halides is 3. The molecule has 0 unspecified atom stereocenters. The molecule has 13 heteroatoms. The highest BCUT2D eigenvalue weighted by atomic mass is 35.5. The van der Waals surface area contributed by atoms with E-state index in [1.54, 1.807) is 0 Å². The van der Waals surface area contributed by atoms with Gasteiger partial charge in [0.1, 0.15) is 17.9 Å². The van der Waals surface area contributed by atoms with Gasteiger partial charge in [0.2, 0.25) is 5.95 Å². The topological polar surface area (TPSA) is 114 Å². The number of benzene rings is 1. The summed E-state index contributed by atoms with van der Waals surface area (Å²) in [7, 11) is 0. The van der Waals surface area contributed by atoms with Crippen LogP contribution in [0.15, 0.2) is 30.6 Å². The normalized spacial score (nSPS) is 18.6. The number of aromatic amines is 1. The molecule has 1 fully saturated rings. The molecule has 0 spiro atoms. The predicted octanol–water partition coefficient (Wildman–Crippen LogP) is 4.47. The van der Waals surface area contributed by atoms with Gasteiger partial charge < -0.3 is 26.1 Å². The number of rotatable bonds is 5. The Bertz CT molecular complexity index is 931. The van der Waals surface area contributed by atoms with E-state index in [4.69, 9.17) is 5.73 Å². The Morgan fingerprint density at radius 2 is 1.71 bits per heavy atom. The summed E-state index contributed by atoms with van der Waals surface area (Å²) in [5.41, 5.74) is 7.04. The largest absolute Gasteiger partial charge is 0.573 e. The Balaban J connectivity index is 0.00000171. The van der Waals surface area contributed by atoms with Crippen LogP contribution in [-0.4, -0.2) is 38.4 Å². The fourth-order valence-electron chi connectivity index (χ4n) is 3.33. The van der Waals surface area contributed by atoms with Gasteiger partial charge in [0.25, 0.3) is 0 Å². The van der Waals surface area contributed by atoms with E-state index < -0.39 is 6.36 Å². The van der Waals surface area contributed by atoms with Crippen molar-refractivity contribution in [3.05, 3.63) is 30.6 Å². The van der Waals surface area contributed by atoms with Crippen LogP contribution >= 0.6 is 24.8 Å². The third-order valence-corrected chi connectivity index (χ3v) is 4.75. The molecule has 1 aromatic rings. The molecule has 0 amide bonds. The minimum Gasteiger partial charge on any atom is -0.406 e. The Morgan fingerprint density at radius 3 is 2.35 bits per heavy atom. The molecule has 0 radical (unpaired) electrons. The monoisotopic (exact) mass is 479 g/mol. The van der Waals surface area contributed by atoms with E-state index in [0.717, 1.165) is 25.7 Å². The molecule has 2 aliphatic heterocycles. The third kappa shape index (κ3) is 6.49. The van der Waals surface area contributed by atoms with Crippen LogP contribution in [0, 0.1) is 0 Å². The van der Waals surface area contributed by atoms with Gasteiger partial charge in [0.05, 0.1) is 0 Å². The summed E-state index contributed by atoms with van der Waals surface area (Å²) in [6, 6.07) is 5.92. The van der Waals surface area contributed by atoms with Gasteiger partial charge in [-0.25, -0.2) is 9.97 Å². The average Bonchev–Trinajstić information content (AvgIpc) is 3.13. The molecule has 0 atom stereocenters. The van der Waals surface area contributed by atoms with Crippen LogP contribution in [0.3, 0.4) is 0 Å². The SMILES string of the molecule is Cl.Cl.N[C@H]1CC[C@H](Nc2nc3ncnc-3c(Nc3ccc(OC(F)(F)F)cc3)[nH]2)CC1. The van der Waals surface area contributed by atoms with Crippen molar-refractivity contribution in [3.63, 3.8) is 0 Å². The van der Waals surface area contributed by atoms with Crippen LogP contribution in [-0.2, 0) is 0 Å². The van der Waals surface area contributed by atoms with Gasteiger partial charge in [-0.05, 0) is 49.9 Å². The van der Waals surface area contributed by atoms with Gasteiger partial charge >= 0.3 is 6.36 Å². The molecule has 5 N–H and O–H groups in total. The lowest BCUT2D eigenvalue weighted by Gasteiger charge is -2.27. The zero-order valence-electron chi connectivity index (χ0n) is 16.1. The maximum Gasteiger partial charge on any atom is 0.573 e. The minimum atomic E-state index is -4.73. The van der Waals surface area contributed by atoms with Gasteiger partial charge in [-0.3, -0.25) is 0 Å². The first kappa shape index (κ1) is 24.8. The number of imidazole rings is 1. The second-order valence-electron chi connectivity index (χ2n) is 6.96. The van der Waals surface area contributed by atoms with Gasteiger partial charge in [0, 0.05) is 17.8 Å². The summed E-state index contributed by atoms with van der Waals surface area (Å²) in [5.74, 6) is 1.24. The van der Waals surface area contributed by atoms with Gasteiger partial charge in [-0.2, -0.15) is 4.98 Å². The van der Waals surface area contributed by atoms with E-state index in [9.17, 15) is 13.2 Å². The number of hydrogen-bond acceptors (Lipinski definition) is 7. The summed E-state index contributed by atoms with van der Waals surface area (Å²) >= 11 is 0. The standard InChI is InChI=1S/C18H20F3N7O.2ClH/c19-18(20,21)29-13-7-5-11(6-8-13)25-16-14-15(24-9-23-14)27-17(28-16)26-12-3-1-10(22)2-4-12;;/h5-10,12H,1-4,22H2,(H3,23,24,25,26,27,28);2*1H/t10-,12-;;. The number of nitrogens with two attached hydrogens (primary N) is 1. The number of ether oxygens (including phenoxy) is 1. The molecule has 1 saturated carbocycles. The number of nitrogens with zero attached hydrogens (tertiary/aromatic N) is 3. The fraction of sp³-hybridized carbons (Fsp3) is 0.389. The van der Waals surface area contributed by atoms with Crippen molar-refractivity contribution in [2.45, 2.75) is 44.1 Å². The van der Waals surface area contributed by atoms with Gasteiger partial charge in [0.15, 0.2) is 11.5 Å². The lowest BCUT2D eigenvalue weighted by molar-refractivity contribution is -0.274. The summed E-state index contributed by atoms with van der Waals surface area (Å²) < 4.78 is 40.8. The highest BCUT2D eigenvalue weighted by Gasteiger charge is 2.31. The van der Waals surface area contributed by atoms with Crippen LogP contribution in [0.1, 0.15) is 25.7 Å². The van der Waals surface area contributed by atoms with Gasteiger partial charge in [-0.15, -0.1) is 38.0 Å². The van der Waals surface area contributed by atoms with Crippen LogP contribution in [0.4, 0.5) is 30.6 Å². The second kappa shape index (κ2) is 10.2. The van der Waals surface area contributed by atoms with Crippen molar-refractivity contribution in [3.8, 4) is 17.3 Å². The molecule has 170 valence electrons. The van der Waals surface area contributed by atoms with Crippen molar-refractivity contribution < 1.29 is 17.9 Å². The number of aromatic nitrogens is 4.